The first-order valence-electron chi connectivity index (χ1n) is 5.37. The van der Waals surface area contributed by atoms with Gasteiger partial charge in [0.15, 0.2) is 5.75 Å². The Morgan fingerprint density at radius 1 is 1.41 bits per heavy atom. The van der Waals surface area contributed by atoms with Gasteiger partial charge in [0.05, 0.1) is 19.3 Å². The van der Waals surface area contributed by atoms with Gasteiger partial charge in [0.1, 0.15) is 5.69 Å². The van der Waals surface area contributed by atoms with E-state index in [-0.39, 0.29) is 6.04 Å². The van der Waals surface area contributed by atoms with Crippen LogP contribution < -0.4 is 10.5 Å². The Morgan fingerprint density at radius 2 is 2.18 bits per heavy atom. The number of hydrogen-bond acceptors (Lipinski definition) is 4. The molecule has 0 radical (unpaired) electrons. The standard InChI is InChI=1S/C12H16N4O/c1-8-4-5-14-6-9(8)11(13)12-10(17-3)7-15-16(12)2/h4-7,11H,13H2,1-3H3. The highest BCUT2D eigenvalue weighted by atomic mass is 16.5. The Morgan fingerprint density at radius 3 is 2.82 bits per heavy atom. The summed E-state index contributed by atoms with van der Waals surface area (Å²) in [5, 5.41) is 4.15. The van der Waals surface area contributed by atoms with E-state index < -0.39 is 0 Å². The summed E-state index contributed by atoms with van der Waals surface area (Å²) in [5.41, 5.74) is 9.20. The lowest BCUT2D eigenvalue weighted by atomic mass is 10.0. The third-order valence-corrected chi connectivity index (χ3v) is 2.88. The first kappa shape index (κ1) is 11.6. The predicted molar refractivity (Wildman–Crippen MR) is 64.8 cm³/mol. The first-order valence-corrected chi connectivity index (χ1v) is 5.37. The molecule has 0 amide bonds. The molecule has 0 saturated heterocycles. The molecule has 0 spiro atoms. The van der Waals surface area contributed by atoms with Crippen molar-refractivity contribution in [3.05, 3.63) is 41.5 Å². The van der Waals surface area contributed by atoms with E-state index in [9.17, 15) is 0 Å². The monoisotopic (exact) mass is 232 g/mol. The molecule has 0 aliphatic carbocycles. The highest BCUT2D eigenvalue weighted by Crippen LogP contribution is 2.28. The summed E-state index contributed by atoms with van der Waals surface area (Å²) in [5.74, 6) is 0.697. The lowest BCUT2D eigenvalue weighted by Gasteiger charge is -2.15. The summed E-state index contributed by atoms with van der Waals surface area (Å²) >= 11 is 0. The number of methoxy groups -OCH3 is 1. The molecule has 1 atom stereocenters. The molecule has 2 heterocycles. The van der Waals surface area contributed by atoms with Gasteiger partial charge >= 0.3 is 0 Å². The lowest BCUT2D eigenvalue weighted by molar-refractivity contribution is 0.406. The number of pyridine rings is 1. The fraction of sp³-hybridized carbons (Fsp3) is 0.333. The predicted octanol–water partition coefficient (Wildman–Crippen LogP) is 1.18. The zero-order valence-corrected chi connectivity index (χ0v) is 10.2. The number of aromatic nitrogens is 3. The van der Waals surface area contributed by atoms with Crippen molar-refractivity contribution >= 4 is 0 Å². The van der Waals surface area contributed by atoms with Gasteiger partial charge in [-0.1, -0.05) is 0 Å². The topological polar surface area (TPSA) is 66.0 Å². The number of hydrogen-bond donors (Lipinski definition) is 1. The van der Waals surface area contributed by atoms with Crippen LogP contribution in [0.5, 0.6) is 5.75 Å². The summed E-state index contributed by atoms with van der Waals surface area (Å²) in [6.07, 6.45) is 5.21. The van der Waals surface area contributed by atoms with E-state index in [0.29, 0.717) is 5.75 Å². The molecule has 90 valence electrons. The van der Waals surface area contributed by atoms with Gasteiger partial charge in [-0.2, -0.15) is 5.10 Å². The van der Waals surface area contributed by atoms with Crippen LogP contribution in [0.1, 0.15) is 22.9 Å². The zero-order valence-electron chi connectivity index (χ0n) is 10.2. The van der Waals surface area contributed by atoms with Gasteiger partial charge in [0.25, 0.3) is 0 Å². The van der Waals surface area contributed by atoms with E-state index in [4.69, 9.17) is 10.5 Å². The molecule has 0 bridgehead atoms. The molecule has 0 aromatic carbocycles. The van der Waals surface area contributed by atoms with Crippen LogP contribution in [0, 0.1) is 6.92 Å². The smallest absolute Gasteiger partial charge is 0.161 e. The van der Waals surface area contributed by atoms with E-state index in [0.717, 1.165) is 16.8 Å². The van der Waals surface area contributed by atoms with Crippen molar-refractivity contribution < 1.29 is 4.74 Å². The van der Waals surface area contributed by atoms with Crippen molar-refractivity contribution in [3.8, 4) is 5.75 Å². The summed E-state index contributed by atoms with van der Waals surface area (Å²) in [7, 11) is 3.47. The SMILES string of the molecule is COc1cnn(C)c1C(N)c1cnccc1C. The second kappa shape index (κ2) is 4.55. The molecule has 5 nitrogen and oxygen atoms in total. The molecular weight excluding hydrogens is 216 g/mol. The number of aryl methyl sites for hydroxylation is 2. The molecule has 5 heteroatoms. The van der Waals surface area contributed by atoms with Crippen LogP contribution in [0.2, 0.25) is 0 Å². The minimum Gasteiger partial charge on any atom is -0.493 e. The molecule has 0 aliphatic heterocycles. The van der Waals surface area contributed by atoms with Gasteiger partial charge < -0.3 is 10.5 Å². The normalized spacial score (nSPS) is 12.5. The Balaban J connectivity index is 2.47. The first-order chi connectivity index (χ1) is 8.15. The Labute approximate surface area is 100 Å². The van der Waals surface area contributed by atoms with Gasteiger partial charge in [-0.25, -0.2) is 0 Å². The van der Waals surface area contributed by atoms with Gasteiger partial charge in [-0.05, 0) is 24.1 Å². The number of ether oxygens (including phenoxy) is 1. The number of nitrogens with zero attached hydrogens (tertiary/aromatic N) is 3. The minimum absolute atomic E-state index is 0.286. The maximum atomic E-state index is 6.26. The second-order valence-electron chi connectivity index (χ2n) is 3.93. The Bertz CT molecular complexity index is 521. The van der Waals surface area contributed by atoms with Crippen LogP contribution in [-0.4, -0.2) is 21.9 Å². The Kier molecular flexibility index (Phi) is 3.10. The number of nitrogens with two attached hydrogens (primary N) is 1. The van der Waals surface area contributed by atoms with E-state index in [2.05, 4.69) is 10.1 Å². The molecular formula is C12H16N4O. The van der Waals surface area contributed by atoms with Crippen LogP contribution in [0.3, 0.4) is 0 Å². The van der Waals surface area contributed by atoms with Crippen molar-refractivity contribution in [2.24, 2.45) is 12.8 Å². The quantitative estimate of drug-likeness (QED) is 0.863. The maximum absolute atomic E-state index is 6.26. The third kappa shape index (κ3) is 2.01. The van der Waals surface area contributed by atoms with Crippen molar-refractivity contribution in [2.45, 2.75) is 13.0 Å². The van der Waals surface area contributed by atoms with E-state index in [1.807, 2.05) is 20.0 Å². The molecule has 0 fully saturated rings. The molecule has 0 saturated carbocycles. The second-order valence-corrected chi connectivity index (χ2v) is 3.93. The fourth-order valence-corrected chi connectivity index (χ4v) is 1.89. The van der Waals surface area contributed by atoms with Gasteiger partial charge in [0.2, 0.25) is 0 Å². The average molecular weight is 232 g/mol. The summed E-state index contributed by atoms with van der Waals surface area (Å²) in [6, 6.07) is 1.66. The molecule has 2 aromatic heterocycles. The van der Waals surface area contributed by atoms with Crippen LogP contribution in [0.25, 0.3) is 0 Å². The summed E-state index contributed by atoms with van der Waals surface area (Å²) < 4.78 is 7.00. The number of rotatable bonds is 3. The average Bonchev–Trinajstić information content (AvgIpc) is 2.70. The zero-order chi connectivity index (χ0) is 12.4. The fourth-order valence-electron chi connectivity index (χ4n) is 1.89. The van der Waals surface area contributed by atoms with Gasteiger partial charge in [-0.15, -0.1) is 0 Å². The van der Waals surface area contributed by atoms with Gasteiger partial charge in [0, 0.05) is 19.4 Å². The van der Waals surface area contributed by atoms with Crippen molar-refractivity contribution in [1.82, 2.24) is 14.8 Å². The van der Waals surface area contributed by atoms with E-state index >= 15 is 0 Å². The maximum Gasteiger partial charge on any atom is 0.161 e. The summed E-state index contributed by atoms with van der Waals surface area (Å²) in [6.45, 7) is 2.01. The van der Waals surface area contributed by atoms with Crippen molar-refractivity contribution in [3.63, 3.8) is 0 Å². The minimum atomic E-state index is -0.286. The lowest BCUT2D eigenvalue weighted by Crippen LogP contribution is -2.18. The summed E-state index contributed by atoms with van der Waals surface area (Å²) in [4.78, 5) is 4.11. The van der Waals surface area contributed by atoms with Crippen molar-refractivity contribution in [2.75, 3.05) is 7.11 Å². The Hall–Kier alpha value is -1.88. The van der Waals surface area contributed by atoms with E-state index in [1.165, 1.54) is 0 Å². The van der Waals surface area contributed by atoms with Crippen molar-refractivity contribution in [1.29, 1.82) is 0 Å². The van der Waals surface area contributed by atoms with Crippen LogP contribution in [0.15, 0.2) is 24.7 Å². The van der Waals surface area contributed by atoms with Crippen LogP contribution in [-0.2, 0) is 7.05 Å². The van der Waals surface area contributed by atoms with Gasteiger partial charge in [-0.3, -0.25) is 9.67 Å². The largest absolute Gasteiger partial charge is 0.493 e. The molecule has 17 heavy (non-hydrogen) atoms. The van der Waals surface area contributed by atoms with Crippen LogP contribution >= 0.6 is 0 Å². The molecule has 1 unspecified atom stereocenters. The molecule has 2 rings (SSSR count). The molecule has 2 aromatic rings. The third-order valence-electron chi connectivity index (χ3n) is 2.88. The van der Waals surface area contributed by atoms with E-state index in [1.54, 1.807) is 30.4 Å². The molecule has 0 aliphatic rings. The highest BCUT2D eigenvalue weighted by molar-refractivity contribution is 5.37. The molecule has 2 N–H and O–H groups in total. The highest BCUT2D eigenvalue weighted by Gasteiger charge is 2.20. The van der Waals surface area contributed by atoms with Crippen LogP contribution in [0.4, 0.5) is 0 Å².